The zero-order valence-electron chi connectivity index (χ0n) is 12.3. The fourth-order valence-corrected chi connectivity index (χ4v) is 2.62. The summed E-state index contributed by atoms with van der Waals surface area (Å²) in [7, 11) is 0. The highest BCUT2D eigenvalue weighted by atomic mass is 16.7. The van der Waals surface area contributed by atoms with E-state index in [4.69, 9.17) is 9.47 Å². The van der Waals surface area contributed by atoms with Crippen LogP contribution in [-0.2, 0) is 6.54 Å². The average molecular weight is 283 g/mol. The summed E-state index contributed by atoms with van der Waals surface area (Å²) >= 11 is 0. The molecule has 0 radical (unpaired) electrons. The lowest BCUT2D eigenvalue weighted by Crippen LogP contribution is -2.16. The van der Waals surface area contributed by atoms with E-state index in [0.29, 0.717) is 12.7 Å². The summed E-state index contributed by atoms with van der Waals surface area (Å²) in [4.78, 5) is 0. The zero-order chi connectivity index (χ0) is 14.5. The van der Waals surface area contributed by atoms with Gasteiger partial charge in [0.25, 0.3) is 0 Å². The second kappa shape index (κ2) is 6.64. The molecule has 0 fully saturated rings. The Labute approximate surface area is 125 Å². The van der Waals surface area contributed by atoms with Crippen molar-refractivity contribution < 1.29 is 9.47 Å². The summed E-state index contributed by atoms with van der Waals surface area (Å²) in [5.74, 6) is 2.31. The van der Waals surface area contributed by atoms with Gasteiger partial charge in [0.2, 0.25) is 6.79 Å². The molecule has 110 valence electrons. The Morgan fingerprint density at radius 3 is 2.76 bits per heavy atom. The van der Waals surface area contributed by atoms with E-state index < -0.39 is 0 Å². The predicted octanol–water partition coefficient (Wildman–Crippen LogP) is 3.70. The van der Waals surface area contributed by atoms with Gasteiger partial charge in [-0.1, -0.05) is 49.4 Å². The van der Waals surface area contributed by atoms with Crippen molar-refractivity contribution in [2.45, 2.75) is 25.8 Å². The first-order chi connectivity index (χ1) is 10.3. The molecule has 1 atom stereocenters. The molecule has 1 N–H and O–H groups in total. The normalized spacial score (nSPS) is 14.1. The molecule has 0 saturated carbocycles. The van der Waals surface area contributed by atoms with Crippen LogP contribution in [0.5, 0.6) is 11.5 Å². The van der Waals surface area contributed by atoms with Crippen molar-refractivity contribution in [2.75, 3.05) is 13.3 Å². The second-order valence-corrected chi connectivity index (χ2v) is 5.43. The molecule has 0 bridgehead atoms. The van der Waals surface area contributed by atoms with Gasteiger partial charge in [0, 0.05) is 12.1 Å². The van der Waals surface area contributed by atoms with Gasteiger partial charge in [-0.25, -0.2) is 0 Å². The predicted molar refractivity (Wildman–Crippen MR) is 83.7 cm³/mol. The maximum atomic E-state index is 5.51. The van der Waals surface area contributed by atoms with Crippen molar-refractivity contribution >= 4 is 0 Å². The molecule has 1 unspecified atom stereocenters. The Bertz CT molecular complexity index is 583. The third-order valence-electron chi connectivity index (χ3n) is 3.92. The highest BCUT2D eigenvalue weighted by Crippen LogP contribution is 2.35. The van der Waals surface area contributed by atoms with Gasteiger partial charge in [0.15, 0.2) is 11.5 Å². The lowest BCUT2D eigenvalue weighted by Gasteiger charge is -2.13. The first-order valence-electron chi connectivity index (χ1n) is 7.48. The van der Waals surface area contributed by atoms with Crippen molar-refractivity contribution in [3.8, 4) is 11.5 Å². The van der Waals surface area contributed by atoms with Crippen LogP contribution < -0.4 is 14.8 Å². The maximum absolute atomic E-state index is 5.51. The third-order valence-corrected chi connectivity index (χ3v) is 3.92. The van der Waals surface area contributed by atoms with Crippen molar-refractivity contribution in [3.05, 3.63) is 59.7 Å². The summed E-state index contributed by atoms with van der Waals surface area (Å²) in [6.45, 7) is 4.40. The first-order valence-corrected chi connectivity index (χ1v) is 7.48. The van der Waals surface area contributed by atoms with E-state index >= 15 is 0 Å². The Morgan fingerprint density at radius 1 is 1.05 bits per heavy atom. The molecular formula is C18H21NO2. The Balaban J connectivity index is 1.48. The standard InChI is InChI=1S/C18H21NO2/c1-14(15-6-3-2-4-7-15)10-11-19-12-16-8-5-9-17-18(16)21-13-20-17/h2-9,14,19H,10-13H2,1H3. The van der Waals surface area contributed by atoms with Crippen LogP contribution in [-0.4, -0.2) is 13.3 Å². The minimum Gasteiger partial charge on any atom is -0.454 e. The average Bonchev–Trinajstić information content (AvgIpc) is 3.01. The number of hydrogen-bond acceptors (Lipinski definition) is 3. The van der Waals surface area contributed by atoms with Crippen LogP contribution in [0.25, 0.3) is 0 Å². The maximum Gasteiger partial charge on any atom is 0.231 e. The lowest BCUT2D eigenvalue weighted by molar-refractivity contribution is 0.173. The van der Waals surface area contributed by atoms with Crippen LogP contribution in [0, 0.1) is 0 Å². The summed E-state index contributed by atoms with van der Waals surface area (Å²) < 4.78 is 10.9. The molecule has 2 aromatic carbocycles. The molecule has 2 aromatic rings. The summed E-state index contributed by atoms with van der Waals surface area (Å²) in [6, 6.07) is 16.7. The topological polar surface area (TPSA) is 30.5 Å². The molecule has 0 amide bonds. The van der Waals surface area contributed by atoms with E-state index in [-0.39, 0.29) is 0 Å². The van der Waals surface area contributed by atoms with Crippen molar-refractivity contribution in [1.82, 2.24) is 5.32 Å². The molecule has 1 aliphatic rings. The zero-order valence-corrected chi connectivity index (χ0v) is 12.3. The van der Waals surface area contributed by atoms with E-state index in [9.17, 15) is 0 Å². The van der Waals surface area contributed by atoms with Gasteiger partial charge in [-0.15, -0.1) is 0 Å². The molecule has 0 spiro atoms. The molecular weight excluding hydrogens is 262 g/mol. The van der Waals surface area contributed by atoms with Gasteiger partial charge >= 0.3 is 0 Å². The molecule has 21 heavy (non-hydrogen) atoms. The summed E-state index contributed by atoms with van der Waals surface area (Å²) in [5.41, 5.74) is 2.56. The Hall–Kier alpha value is -2.00. The van der Waals surface area contributed by atoms with Gasteiger partial charge in [-0.2, -0.15) is 0 Å². The number of benzene rings is 2. The smallest absolute Gasteiger partial charge is 0.231 e. The largest absolute Gasteiger partial charge is 0.454 e. The van der Waals surface area contributed by atoms with E-state index in [2.05, 4.69) is 48.6 Å². The number of nitrogens with one attached hydrogen (secondary N) is 1. The fourth-order valence-electron chi connectivity index (χ4n) is 2.62. The van der Waals surface area contributed by atoms with Crippen LogP contribution in [0.2, 0.25) is 0 Å². The van der Waals surface area contributed by atoms with Crippen molar-refractivity contribution in [1.29, 1.82) is 0 Å². The quantitative estimate of drug-likeness (QED) is 0.820. The second-order valence-electron chi connectivity index (χ2n) is 5.43. The third kappa shape index (κ3) is 3.37. The number of ether oxygens (including phenoxy) is 2. The SMILES string of the molecule is CC(CCNCc1cccc2c1OCO2)c1ccccc1. The number of rotatable bonds is 6. The summed E-state index contributed by atoms with van der Waals surface area (Å²) in [6.07, 6.45) is 1.12. The van der Waals surface area contributed by atoms with E-state index in [0.717, 1.165) is 36.6 Å². The van der Waals surface area contributed by atoms with Crippen molar-refractivity contribution in [2.24, 2.45) is 0 Å². The van der Waals surface area contributed by atoms with Crippen LogP contribution >= 0.6 is 0 Å². The summed E-state index contributed by atoms with van der Waals surface area (Å²) in [5, 5.41) is 3.50. The molecule has 3 rings (SSSR count). The van der Waals surface area contributed by atoms with E-state index in [1.165, 1.54) is 5.56 Å². The minimum atomic E-state index is 0.331. The lowest BCUT2D eigenvalue weighted by atomic mass is 9.98. The van der Waals surface area contributed by atoms with Crippen LogP contribution in [0.15, 0.2) is 48.5 Å². The first kappa shape index (κ1) is 14.0. The molecule has 0 aromatic heterocycles. The van der Waals surface area contributed by atoms with Crippen LogP contribution in [0.1, 0.15) is 30.4 Å². The van der Waals surface area contributed by atoms with Crippen molar-refractivity contribution in [3.63, 3.8) is 0 Å². The Kier molecular flexibility index (Phi) is 4.41. The highest BCUT2D eigenvalue weighted by Gasteiger charge is 2.16. The van der Waals surface area contributed by atoms with Gasteiger partial charge in [-0.05, 0) is 30.5 Å². The van der Waals surface area contributed by atoms with E-state index in [1.54, 1.807) is 0 Å². The van der Waals surface area contributed by atoms with Crippen LogP contribution in [0.4, 0.5) is 0 Å². The van der Waals surface area contributed by atoms with Gasteiger partial charge in [0.05, 0.1) is 0 Å². The monoisotopic (exact) mass is 283 g/mol. The van der Waals surface area contributed by atoms with Crippen LogP contribution in [0.3, 0.4) is 0 Å². The van der Waals surface area contributed by atoms with Gasteiger partial charge in [0.1, 0.15) is 0 Å². The molecule has 3 heteroatoms. The minimum absolute atomic E-state index is 0.331. The molecule has 3 nitrogen and oxygen atoms in total. The molecule has 0 saturated heterocycles. The molecule has 1 aliphatic heterocycles. The highest BCUT2D eigenvalue weighted by molar-refractivity contribution is 5.48. The van der Waals surface area contributed by atoms with Gasteiger partial charge < -0.3 is 14.8 Å². The van der Waals surface area contributed by atoms with E-state index in [1.807, 2.05) is 12.1 Å². The number of para-hydroxylation sites is 1. The van der Waals surface area contributed by atoms with Gasteiger partial charge in [-0.3, -0.25) is 0 Å². The Morgan fingerprint density at radius 2 is 1.90 bits per heavy atom. The number of fused-ring (bicyclic) bond motifs is 1. The molecule has 1 heterocycles. The molecule has 0 aliphatic carbocycles. The fraction of sp³-hybridized carbons (Fsp3) is 0.333. The number of hydrogen-bond donors (Lipinski definition) is 1.